The summed E-state index contributed by atoms with van der Waals surface area (Å²) < 4.78 is 19.6. The van der Waals surface area contributed by atoms with Crippen LogP contribution in [0.4, 0.5) is 15.2 Å². The first-order valence-corrected chi connectivity index (χ1v) is 14.4. The van der Waals surface area contributed by atoms with Crippen molar-refractivity contribution in [3.05, 3.63) is 82.6 Å². The molecular weight excluding hydrogens is 551 g/mol. The first-order valence-electron chi connectivity index (χ1n) is 12.6. The third-order valence-corrected chi connectivity index (χ3v) is 8.52. The van der Waals surface area contributed by atoms with Crippen LogP contribution in [0.5, 0.6) is 5.75 Å². The number of ether oxygens (including phenoxy) is 1. The quantitative estimate of drug-likeness (QED) is 0.351. The normalized spacial score (nSPS) is 17.0. The topological polar surface area (TPSA) is 134 Å². The van der Waals surface area contributed by atoms with E-state index in [9.17, 15) is 19.2 Å². The Kier molecular flexibility index (Phi) is 8.14. The van der Waals surface area contributed by atoms with Gasteiger partial charge in [0, 0.05) is 23.4 Å². The van der Waals surface area contributed by atoms with Crippen LogP contribution in [0, 0.1) is 17.1 Å². The van der Waals surface area contributed by atoms with E-state index in [2.05, 4.69) is 21.6 Å². The molecule has 9 nitrogen and oxygen atoms in total. The number of rotatable bonds is 8. The van der Waals surface area contributed by atoms with E-state index in [4.69, 9.17) is 10.5 Å². The number of anilines is 2. The Balaban J connectivity index is 1.36. The molecule has 1 aliphatic carbocycles. The highest BCUT2D eigenvalue weighted by atomic mass is 32.2. The van der Waals surface area contributed by atoms with E-state index in [1.54, 1.807) is 41.3 Å². The average molecular weight is 577 g/mol. The second-order valence-electron chi connectivity index (χ2n) is 9.01. The fourth-order valence-corrected chi connectivity index (χ4v) is 6.45. The van der Waals surface area contributed by atoms with E-state index in [-0.39, 0.29) is 28.8 Å². The van der Waals surface area contributed by atoms with Crippen LogP contribution in [-0.2, 0) is 9.59 Å². The molecule has 2 aromatic carbocycles. The molecule has 12 heteroatoms. The van der Waals surface area contributed by atoms with Crippen LogP contribution >= 0.6 is 23.1 Å². The molecule has 1 aromatic heterocycles. The van der Waals surface area contributed by atoms with Gasteiger partial charge in [-0.05, 0) is 61.7 Å². The number of carbonyl (C=O) groups is 2. The van der Waals surface area contributed by atoms with Crippen LogP contribution in [0.2, 0.25) is 0 Å². The van der Waals surface area contributed by atoms with Crippen molar-refractivity contribution in [2.75, 3.05) is 22.6 Å². The minimum Gasteiger partial charge on any atom is -0.494 e. The van der Waals surface area contributed by atoms with Gasteiger partial charge in [-0.2, -0.15) is 5.26 Å². The van der Waals surface area contributed by atoms with E-state index in [0.717, 1.165) is 5.75 Å². The molecule has 40 heavy (non-hydrogen) atoms. The summed E-state index contributed by atoms with van der Waals surface area (Å²) in [7, 11) is 0. The second-order valence-corrected chi connectivity index (χ2v) is 11.2. The fourth-order valence-electron chi connectivity index (χ4n) is 4.77. The van der Waals surface area contributed by atoms with Gasteiger partial charge in [0.2, 0.25) is 11.0 Å². The third kappa shape index (κ3) is 5.57. The number of amides is 1. The molecule has 1 amide bonds. The van der Waals surface area contributed by atoms with Gasteiger partial charge < -0.3 is 15.8 Å². The van der Waals surface area contributed by atoms with Crippen LogP contribution in [0.15, 0.2) is 75.5 Å². The lowest BCUT2D eigenvalue weighted by Crippen LogP contribution is -2.38. The number of nitrogens with zero attached hydrogens (tertiary/aromatic N) is 4. The number of nitrogens with two attached hydrogens (primary N) is 1. The van der Waals surface area contributed by atoms with Crippen LogP contribution in [0.1, 0.15) is 37.7 Å². The van der Waals surface area contributed by atoms with E-state index >= 15 is 0 Å². The van der Waals surface area contributed by atoms with Crippen molar-refractivity contribution in [1.29, 1.82) is 5.26 Å². The fraction of sp³-hybridized carbons (Fsp3) is 0.250. The summed E-state index contributed by atoms with van der Waals surface area (Å²) in [4.78, 5) is 27.3. The number of ketones is 1. The number of thioether (sulfide) groups is 1. The van der Waals surface area contributed by atoms with Gasteiger partial charge in [-0.15, -0.1) is 10.2 Å². The summed E-state index contributed by atoms with van der Waals surface area (Å²) >= 11 is 2.44. The van der Waals surface area contributed by atoms with E-state index in [0.29, 0.717) is 57.9 Å². The molecule has 0 spiro atoms. The lowest BCUT2D eigenvalue weighted by molar-refractivity contribution is -0.116. The number of benzene rings is 2. The number of carbonyl (C=O) groups excluding carboxylic acids is 2. The summed E-state index contributed by atoms with van der Waals surface area (Å²) in [5, 5.41) is 21.8. The minimum absolute atomic E-state index is 0.0779. The molecule has 5 rings (SSSR count). The molecule has 204 valence electrons. The Morgan fingerprint density at radius 3 is 2.67 bits per heavy atom. The highest BCUT2D eigenvalue weighted by molar-refractivity contribution is 8.01. The molecule has 1 atom stereocenters. The van der Waals surface area contributed by atoms with Crippen LogP contribution in [0.25, 0.3) is 0 Å². The van der Waals surface area contributed by atoms with Crippen molar-refractivity contribution in [3.63, 3.8) is 0 Å². The second kappa shape index (κ2) is 11.9. The first kappa shape index (κ1) is 27.4. The van der Waals surface area contributed by atoms with Crippen molar-refractivity contribution >= 4 is 45.6 Å². The molecule has 0 fully saturated rings. The number of Topliss-reactive ketones (excluding diaryl/α,β-unsaturated/α-hetero) is 1. The number of nitriles is 1. The number of aromatic nitrogens is 2. The number of nitrogens with one attached hydrogen (secondary N) is 1. The smallest absolute Gasteiger partial charge is 0.234 e. The molecule has 2 aliphatic rings. The SMILES string of the molecule is CCOc1ccc(NC(=O)CSc2nnc(N3C(N)=C(C#N)C(c4ccc(F)cc4)C4=C3CCCC4=O)s2)cc1. The molecule has 3 N–H and O–H groups in total. The van der Waals surface area contributed by atoms with Gasteiger partial charge in [-0.25, -0.2) is 4.39 Å². The van der Waals surface area contributed by atoms with Crippen molar-refractivity contribution < 1.29 is 18.7 Å². The maximum atomic E-state index is 13.6. The Morgan fingerprint density at radius 1 is 1.23 bits per heavy atom. The molecule has 1 unspecified atom stereocenters. The highest BCUT2D eigenvalue weighted by Crippen LogP contribution is 2.47. The Morgan fingerprint density at radius 2 is 1.98 bits per heavy atom. The Bertz CT molecular complexity index is 1540. The zero-order chi connectivity index (χ0) is 28.2. The van der Waals surface area contributed by atoms with Crippen LogP contribution < -0.4 is 20.7 Å². The summed E-state index contributed by atoms with van der Waals surface area (Å²) in [5.74, 6) is -0.387. The van der Waals surface area contributed by atoms with Gasteiger partial charge in [0.25, 0.3) is 0 Å². The van der Waals surface area contributed by atoms with Gasteiger partial charge in [0.05, 0.1) is 29.9 Å². The monoisotopic (exact) mass is 576 g/mol. The molecule has 1 aliphatic heterocycles. The van der Waals surface area contributed by atoms with Crippen LogP contribution in [0.3, 0.4) is 0 Å². The Hall–Kier alpha value is -4.21. The van der Waals surface area contributed by atoms with Crippen molar-refractivity contribution in [2.45, 2.75) is 36.4 Å². The van der Waals surface area contributed by atoms with Gasteiger partial charge in [0.15, 0.2) is 10.1 Å². The summed E-state index contributed by atoms with van der Waals surface area (Å²) in [6.45, 7) is 2.46. The average Bonchev–Trinajstić information content (AvgIpc) is 3.42. The van der Waals surface area contributed by atoms with E-state index in [1.807, 2.05) is 6.92 Å². The first-order chi connectivity index (χ1) is 19.4. The highest BCUT2D eigenvalue weighted by Gasteiger charge is 2.41. The summed E-state index contributed by atoms with van der Waals surface area (Å²) in [6.07, 6.45) is 1.54. The number of halogens is 1. The maximum absolute atomic E-state index is 13.6. The third-order valence-electron chi connectivity index (χ3n) is 6.48. The van der Waals surface area contributed by atoms with Crippen molar-refractivity contribution in [2.24, 2.45) is 5.73 Å². The predicted molar refractivity (Wildman–Crippen MR) is 151 cm³/mol. The standard InChI is InChI=1S/C28H25FN6O3S2/c1-2-38-19-12-10-18(11-13-19)32-23(37)15-39-28-34-33-27(40-28)35-21-4-3-5-22(36)25(21)24(20(14-30)26(35)31)16-6-8-17(29)9-7-16/h6-13,24H,2-5,15,31H2,1H3,(H,32,37). The predicted octanol–water partition coefficient (Wildman–Crippen LogP) is 5.11. The minimum atomic E-state index is -0.683. The van der Waals surface area contributed by atoms with Gasteiger partial charge in [0.1, 0.15) is 17.4 Å². The van der Waals surface area contributed by atoms with Gasteiger partial charge >= 0.3 is 0 Å². The van der Waals surface area contributed by atoms with Crippen LogP contribution in [-0.4, -0.2) is 34.2 Å². The molecule has 0 saturated carbocycles. The molecule has 2 heterocycles. The largest absolute Gasteiger partial charge is 0.494 e. The zero-order valence-corrected chi connectivity index (χ0v) is 23.2. The molecule has 0 radical (unpaired) electrons. The van der Waals surface area contributed by atoms with Crippen molar-refractivity contribution in [3.8, 4) is 11.8 Å². The maximum Gasteiger partial charge on any atom is 0.234 e. The van der Waals surface area contributed by atoms with E-state index < -0.39 is 11.7 Å². The van der Waals surface area contributed by atoms with Gasteiger partial charge in [-0.1, -0.05) is 35.2 Å². The summed E-state index contributed by atoms with van der Waals surface area (Å²) in [5.41, 5.74) is 9.16. The summed E-state index contributed by atoms with van der Waals surface area (Å²) in [6, 6.07) is 15.0. The Labute approximate surface area is 238 Å². The molecule has 0 saturated heterocycles. The lowest BCUT2D eigenvalue weighted by Gasteiger charge is -2.38. The number of hydrogen-bond acceptors (Lipinski definition) is 10. The molecular formula is C28H25FN6O3S2. The number of hydrogen-bond donors (Lipinski definition) is 2. The van der Waals surface area contributed by atoms with Crippen molar-refractivity contribution in [1.82, 2.24) is 10.2 Å². The van der Waals surface area contributed by atoms with E-state index in [1.165, 1.54) is 35.2 Å². The molecule has 3 aromatic rings. The molecule has 0 bridgehead atoms. The van der Waals surface area contributed by atoms with Gasteiger partial charge in [-0.3, -0.25) is 14.5 Å². The zero-order valence-electron chi connectivity index (χ0n) is 21.5. The number of allylic oxidation sites excluding steroid dienone is 3. The lowest BCUT2D eigenvalue weighted by atomic mass is 9.76.